The fourth-order valence-electron chi connectivity index (χ4n) is 1.90. The van der Waals surface area contributed by atoms with E-state index in [4.69, 9.17) is 5.26 Å². The summed E-state index contributed by atoms with van der Waals surface area (Å²) in [5.41, 5.74) is 0.322. The predicted octanol–water partition coefficient (Wildman–Crippen LogP) is 0.336. The molecule has 1 aromatic heterocycles. The van der Waals surface area contributed by atoms with Gasteiger partial charge in [-0.1, -0.05) is 0 Å². The summed E-state index contributed by atoms with van der Waals surface area (Å²) in [6.45, 7) is 1.60. The molecule has 1 saturated heterocycles. The van der Waals surface area contributed by atoms with Crippen LogP contribution in [0.4, 0.5) is 0 Å². The SMILES string of the molecule is N#Cc1ccnc(S(=O)(=O)C[C@H]2CCNC2)c1. The topological polar surface area (TPSA) is 82.8 Å². The first-order valence-corrected chi connectivity index (χ1v) is 7.07. The molecule has 5 nitrogen and oxygen atoms in total. The highest BCUT2D eigenvalue weighted by atomic mass is 32.2. The van der Waals surface area contributed by atoms with Crippen molar-refractivity contribution < 1.29 is 8.42 Å². The van der Waals surface area contributed by atoms with Gasteiger partial charge < -0.3 is 5.32 Å². The quantitative estimate of drug-likeness (QED) is 0.837. The molecule has 1 fully saturated rings. The fourth-order valence-corrected chi connectivity index (χ4v) is 3.51. The van der Waals surface area contributed by atoms with E-state index in [0.717, 1.165) is 19.5 Å². The predicted molar refractivity (Wildman–Crippen MR) is 62.0 cm³/mol. The van der Waals surface area contributed by atoms with Crippen LogP contribution in [0.1, 0.15) is 12.0 Å². The summed E-state index contributed by atoms with van der Waals surface area (Å²) < 4.78 is 24.1. The monoisotopic (exact) mass is 251 g/mol. The molecule has 2 rings (SSSR count). The minimum Gasteiger partial charge on any atom is -0.316 e. The Hall–Kier alpha value is -1.45. The van der Waals surface area contributed by atoms with Gasteiger partial charge in [0.2, 0.25) is 0 Å². The molecule has 0 unspecified atom stereocenters. The molecule has 90 valence electrons. The van der Waals surface area contributed by atoms with Crippen molar-refractivity contribution in [2.24, 2.45) is 5.92 Å². The van der Waals surface area contributed by atoms with Crippen LogP contribution in [0.15, 0.2) is 23.4 Å². The van der Waals surface area contributed by atoms with Crippen LogP contribution >= 0.6 is 0 Å². The van der Waals surface area contributed by atoms with Crippen molar-refractivity contribution >= 4 is 9.84 Å². The summed E-state index contributed by atoms with van der Waals surface area (Å²) in [7, 11) is -3.38. The highest BCUT2D eigenvalue weighted by Crippen LogP contribution is 2.16. The molecule has 1 aliphatic heterocycles. The van der Waals surface area contributed by atoms with Crippen molar-refractivity contribution in [3.05, 3.63) is 23.9 Å². The first-order chi connectivity index (χ1) is 8.12. The van der Waals surface area contributed by atoms with Crippen LogP contribution in [-0.2, 0) is 9.84 Å². The third-order valence-electron chi connectivity index (χ3n) is 2.80. The van der Waals surface area contributed by atoms with E-state index in [1.54, 1.807) is 0 Å². The molecule has 0 bridgehead atoms. The number of hydrogen-bond acceptors (Lipinski definition) is 5. The number of aromatic nitrogens is 1. The lowest BCUT2D eigenvalue weighted by Gasteiger charge is -2.08. The number of nitriles is 1. The molecule has 0 aromatic carbocycles. The van der Waals surface area contributed by atoms with Crippen LogP contribution in [0.2, 0.25) is 0 Å². The average Bonchev–Trinajstić information content (AvgIpc) is 2.81. The van der Waals surface area contributed by atoms with Crippen molar-refractivity contribution in [3.8, 4) is 6.07 Å². The maximum absolute atomic E-state index is 12.1. The number of nitrogens with zero attached hydrogens (tertiary/aromatic N) is 2. The van der Waals surface area contributed by atoms with Crippen LogP contribution in [-0.4, -0.2) is 32.2 Å². The van der Waals surface area contributed by atoms with Crippen LogP contribution < -0.4 is 5.32 Å². The normalized spacial score (nSPS) is 20.1. The molecule has 1 aliphatic rings. The molecule has 17 heavy (non-hydrogen) atoms. The van der Waals surface area contributed by atoms with Gasteiger partial charge in [0.15, 0.2) is 14.9 Å². The molecular weight excluding hydrogens is 238 g/mol. The number of nitrogens with one attached hydrogen (secondary N) is 1. The summed E-state index contributed by atoms with van der Waals surface area (Å²) >= 11 is 0. The number of sulfone groups is 1. The number of hydrogen-bond donors (Lipinski definition) is 1. The zero-order valence-electron chi connectivity index (χ0n) is 9.26. The highest BCUT2D eigenvalue weighted by molar-refractivity contribution is 7.91. The summed E-state index contributed by atoms with van der Waals surface area (Å²) in [5, 5.41) is 11.9. The molecule has 1 aromatic rings. The van der Waals surface area contributed by atoms with E-state index in [0.29, 0.717) is 5.56 Å². The van der Waals surface area contributed by atoms with Crippen molar-refractivity contribution in [2.75, 3.05) is 18.8 Å². The van der Waals surface area contributed by atoms with Gasteiger partial charge in [-0.3, -0.25) is 0 Å². The minimum absolute atomic E-state index is 0.00319. The molecule has 0 radical (unpaired) electrons. The third-order valence-corrected chi connectivity index (χ3v) is 4.57. The van der Waals surface area contributed by atoms with Gasteiger partial charge in [-0.2, -0.15) is 5.26 Å². The second-order valence-corrected chi connectivity index (χ2v) is 6.12. The Balaban J connectivity index is 2.22. The van der Waals surface area contributed by atoms with E-state index in [-0.39, 0.29) is 16.7 Å². The van der Waals surface area contributed by atoms with Crippen LogP contribution in [0.5, 0.6) is 0 Å². The Bertz CT molecular complexity index is 542. The average molecular weight is 251 g/mol. The molecule has 0 saturated carbocycles. The van der Waals surface area contributed by atoms with Gasteiger partial charge in [0.25, 0.3) is 0 Å². The van der Waals surface area contributed by atoms with Crippen LogP contribution in [0, 0.1) is 17.2 Å². The van der Waals surface area contributed by atoms with Gasteiger partial charge in [0.1, 0.15) is 0 Å². The van der Waals surface area contributed by atoms with Gasteiger partial charge in [-0.15, -0.1) is 0 Å². The van der Waals surface area contributed by atoms with Gasteiger partial charge in [0, 0.05) is 6.20 Å². The van der Waals surface area contributed by atoms with Gasteiger partial charge in [-0.25, -0.2) is 13.4 Å². The summed E-state index contributed by atoms with van der Waals surface area (Å²) in [6, 6.07) is 4.74. The molecule has 1 atom stereocenters. The van der Waals surface area contributed by atoms with Crippen molar-refractivity contribution in [2.45, 2.75) is 11.4 Å². The second kappa shape index (κ2) is 4.82. The Labute approximate surface area is 100 Å². The maximum atomic E-state index is 12.1. The van der Waals surface area contributed by atoms with Gasteiger partial charge in [0.05, 0.1) is 17.4 Å². The lowest BCUT2D eigenvalue weighted by molar-refractivity contribution is 0.567. The zero-order chi connectivity index (χ0) is 12.3. The minimum atomic E-state index is -3.38. The zero-order valence-corrected chi connectivity index (χ0v) is 10.1. The summed E-state index contributed by atoms with van der Waals surface area (Å²) in [4.78, 5) is 3.84. The Kier molecular flexibility index (Phi) is 3.41. The molecule has 6 heteroatoms. The first kappa shape index (κ1) is 12.0. The Morgan fingerprint density at radius 1 is 1.59 bits per heavy atom. The van der Waals surface area contributed by atoms with E-state index in [1.807, 2.05) is 6.07 Å². The number of rotatable bonds is 3. The third kappa shape index (κ3) is 2.81. The molecule has 1 N–H and O–H groups in total. The smallest absolute Gasteiger partial charge is 0.195 e. The lowest BCUT2D eigenvalue weighted by Crippen LogP contribution is -2.19. The fraction of sp³-hybridized carbons (Fsp3) is 0.455. The second-order valence-electron chi connectivity index (χ2n) is 4.13. The van der Waals surface area contributed by atoms with E-state index in [2.05, 4.69) is 10.3 Å². The van der Waals surface area contributed by atoms with Gasteiger partial charge >= 0.3 is 0 Å². The molecule has 0 aliphatic carbocycles. The maximum Gasteiger partial charge on any atom is 0.195 e. The van der Waals surface area contributed by atoms with Crippen LogP contribution in [0.3, 0.4) is 0 Å². The first-order valence-electron chi connectivity index (χ1n) is 5.41. The van der Waals surface area contributed by atoms with Crippen LogP contribution in [0.25, 0.3) is 0 Å². The van der Waals surface area contributed by atoms with Gasteiger partial charge in [-0.05, 0) is 37.6 Å². The summed E-state index contributed by atoms with van der Waals surface area (Å²) in [6.07, 6.45) is 2.23. The highest BCUT2D eigenvalue weighted by Gasteiger charge is 2.24. The molecule has 0 amide bonds. The van der Waals surface area contributed by atoms with Crippen molar-refractivity contribution in [3.63, 3.8) is 0 Å². The molecule has 0 spiro atoms. The summed E-state index contributed by atoms with van der Waals surface area (Å²) in [5.74, 6) is 0.245. The van der Waals surface area contributed by atoms with E-state index in [9.17, 15) is 8.42 Å². The van der Waals surface area contributed by atoms with E-state index < -0.39 is 9.84 Å². The number of pyridine rings is 1. The molecule has 2 heterocycles. The molecular formula is C11H13N3O2S. The van der Waals surface area contributed by atoms with Crippen molar-refractivity contribution in [1.82, 2.24) is 10.3 Å². The van der Waals surface area contributed by atoms with E-state index >= 15 is 0 Å². The van der Waals surface area contributed by atoms with E-state index in [1.165, 1.54) is 18.3 Å². The standard InChI is InChI=1S/C11H13N3O2S/c12-6-9-2-4-14-11(5-9)17(15,16)8-10-1-3-13-7-10/h2,4-5,10,13H,1,3,7-8H2/t10-/m0/s1. The Morgan fingerprint density at radius 3 is 3.06 bits per heavy atom. The van der Waals surface area contributed by atoms with Crippen molar-refractivity contribution in [1.29, 1.82) is 5.26 Å². The Morgan fingerprint density at radius 2 is 2.41 bits per heavy atom. The lowest BCUT2D eigenvalue weighted by atomic mass is 10.2. The largest absolute Gasteiger partial charge is 0.316 e.